The first-order valence-electron chi connectivity index (χ1n) is 17.4. The Morgan fingerprint density at radius 1 is 1.06 bits per heavy atom. The van der Waals surface area contributed by atoms with Crippen molar-refractivity contribution in [2.24, 2.45) is 0 Å². The number of anilines is 1. The van der Waals surface area contributed by atoms with Crippen molar-refractivity contribution in [3.63, 3.8) is 0 Å². The summed E-state index contributed by atoms with van der Waals surface area (Å²) in [7, 11) is -2.13. The van der Waals surface area contributed by atoms with Crippen LogP contribution >= 0.6 is 23.4 Å². The van der Waals surface area contributed by atoms with Crippen LogP contribution in [0.2, 0.25) is 21.6 Å². The summed E-state index contributed by atoms with van der Waals surface area (Å²) < 4.78 is 23.9. The van der Waals surface area contributed by atoms with Crippen LogP contribution in [-0.2, 0) is 0 Å². The number of thioether (sulfide) groups is 1. The second-order valence-electron chi connectivity index (χ2n) is 14.8. The van der Waals surface area contributed by atoms with E-state index in [1.54, 1.807) is 4.90 Å². The number of amides is 1. The van der Waals surface area contributed by atoms with Crippen molar-refractivity contribution in [1.82, 2.24) is 19.9 Å². The summed E-state index contributed by atoms with van der Waals surface area (Å²) in [5.74, 6) is 3.75. The Balaban J connectivity index is 1.48. The molecule has 5 heterocycles. The molecule has 4 atom stereocenters. The molecule has 0 saturated carbocycles. The van der Waals surface area contributed by atoms with Gasteiger partial charge in [0.15, 0.2) is 11.0 Å². The lowest BCUT2D eigenvalue weighted by Crippen LogP contribution is -2.64. The number of aromatic nitrogens is 3. The first kappa shape index (κ1) is 34.8. The highest BCUT2D eigenvalue weighted by molar-refractivity contribution is 7.98. The molecule has 12 heteroatoms. The number of nitrogens with zero attached hydrogens (tertiary/aromatic N) is 5. The van der Waals surface area contributed by atoms with Crippen LogP contribution in [-0.4, -0.2) is 76.2 Å². The van der Waals surface area contributed by atoms with E-state index in [4.69, 9.17) is 31.3 Å². The van der Waals surface area contributed by atoms with Gasteiger partial charge in [0.05, 0.1) is 28.7 Å². The molecular weight excluding hydrogens is 689 g/mol. The third-order valence-corrected chi connectivity index (χ3v) is 18.5. The van der Waals surface area contributed by atoms with Crippen LogP contribution in [0.1, 0.15) is 66.9 Å². The summed E-state index contributed by atoms with van der Waals surface area (Å²) in [5.41, 5.74) is 6.53. The Morgan fingerprint density at radius 2 is 1.78 bits per heavy atom. The molecule has 2 bridgehead atoms. The molecule has 2 aromatic carbocycles. The summed E-state index contributed by atoms with van der Waals surface area (Å²) in [4.78, 5) is 30.6. The normalized spacial score (nSPS) is 21.5. The zero-order valence-corrected chi connectivity index (χ0v) is 32.3. The molecule has 2 aromatic heterocycles. The van der Waals surface area contributed by atoms with Crippen molar-refractivity contribution in [1.29, 1.82) is 0 Å². The van der Waals surface area contributed by atoms with Crippen molar-refractivity contribution < 1.29 is 19.0 Å². The Morgan fingerprint density at radius 3 is 2.44 bits per heavy atom. The number of piperazine rings is 1. The molecule has 0 spiro atoms. The Hall–Kier alpha value is -3.59. The van der Waals surface area contributed by atoms with E-state index >= 15 is 4.39 Å². The van der Waals surface area contributed by atoms with E-state index in [9.17, 15) is 9.90 Å². The van der Waals surface area contributed by atoms with Gasteiger partial charge in [0.1, 0.15) is 36.6 Å². The summed E-state index contributed by atoms with van der Waals surface area (Å²) in [6.07, 6.45) is 1.93. The smallest absolute Gasteiger partial charge is 0.407 e. The first-order chi connectivity index (χ1) is 23.8. The van der Waals surface area contributed by atoms with E-state index < -0.39 is 26.1 Å². The molecule has 2 fully saturated rings. The molecule has 50 heavy (non-hydrogen) atoms. The first-order valence-corrected chi connectivity index (χ1v) is 21.3. The summed E-state index contributed by atoms with van der Waals surface area (Å²) in [6.45, 7) is 16.0. The fourth-order valence-electron chi connectivity index (χ4n) is 9.26. The second-order valence-corrected chi connectivity index (χ2v) is 21.5. The van der Waals surface area contributed by atoms with Crippen molar-refractivity contribution in [3.05, 3.63) is 46.7 Å². The van der Waals surface area contributed by atoms with E-state index in [2.05, 4.69) is 57.9 Å². The van der Waals surface area contributed by atoms with Gasteiger partial charge < -0.3 is 14.7 Å². The van der Waals surface area contributed by atoms with Gasteiger partial charge in [0.25, 0.3) is 0 Å². The zero-order valence-electron chi connectivity index (χ0n) is 29.7. The number of pyridine rings is 1. The SMILES string of the molecule is CSc1nc2c3c(nc(-c4cccc5ccc(Cl)c(C#C[Si](C(C)C)(C(C)C)C(C)C)c45)c(F)c3n1)OC(C)C1C3CCC(CN21)N3C(=O)O. The van der Waals surface area contributed by atoms with Gasteiger partial charge in [-0.2, -0.15) is 0 Å². The standard InChI is InChI=1S/C38H43ClFN5O3SSi/c1-19(2)50(20(3)4,21(5)6)17-16-25-27(39)14-12-23-10-9-11-26(29(23)25)32-31(40)33-30-35(43-37(42-33)49-8)44-18-24-13-15-28(45(24)38(46)47)34(44)22(7)48-36(30)41-32/h9-12,14,19-22,24,28,34H,13,15,18H2,1-8H3,(H,46,47). The molecule has 4 aromatic rings. The Bertz CT molecular complexity index is 2080. The number of hydrogen-bond acceptors (Lipinski definition) is 7. The maximum atomic E-state index is 17.2. The summed E-state index contributed by atoms with van der Waals surface area (Å²) in [6, 6.07) is 8.72. The van der Waals surface area contributed by atoms with Gasteiger partial charge in [-0.25, -0.2) is 24.1 Å². The monoisotopic (exact) mass is 731 g/mol. The van der Waals surface area contributed by atoms with E-state index in [1.165, 1.54) is 11.8 Å². The van der Waals surface area contributed by atoms with E-state index in [-0.39, 0.29) is 35.2 Å². The molecule has 2 saturated heterocycles. The second kappa shape index (κ2) is 12.9. The highest BCUT2D eigenvalue weighted by atomic mass is 35.5. The molecule has 262 valence electrons. The van der Waals surface area contributed by atoms with Crippen LogP contribution in [0, 0.1) is 17.3 Å². The van der Waals surface area contributed by atoms with Gasteiger partial charge in [-0.05, 0) is 54.1 Å². The summed E-state index contributed by atoms with van der Waals surface area (Å²) >= 11 is 8.30. The van der Waals surface area contributed by atoms with Crippen LogP contribution in [0.5, 0.6) is 5.88 Å². The van der Waals surface area contributed by atoms with Crippen LogP contribution in [0.15, 0.2) is 35.5 Å². The Labute approximate surface area is 303 Å². The number of fused-ring (bicyclic) bond motifs is 6. The largest absolute Gasteiger partial charge is 0.472 e. The molecule has 8 nitrogen and oxygen atoms in total. The average molecular weight is 732 g/mol. The minimum absolute atomic E-state index is 0.0981. The lowest BCUT2D eigenvalue weighted by atomic mass is 9.96. The molecule has 7 rings (SSSR count). The van der Waals surface area contributed by atoms with Crippen LogP contribution < -0.4 is 9.64 Å². The third kappa shape index (κ3) is 5.24. The number of halogens is 2. The van der Waals surface area contributed by atoms with Crippen molar-refractivity contribution in [3.8, 4) is 28.6 Å². The van der Waals surface area contributed by atoms with Crippen molar-refractivity contribution in [2.75, 3.05) is 17.7 Å². The van der Waals surface area contributed by atoms with Gasteiger partial charge in [0, 0.05) is 17.5 Å². The van der Waals surface area contributed by atoms with Crippen molar-refractivity contribution >= 4 is 65.0 Å². The van der Waals surface area contributed by atoms with Gasteiger partial charge in [0.2, 0.25) is 5.88 Å². The lowest BCUT2D eigenvalue weighted by Gasteiger charge is -2.47. The molecule has 0 aliphatic carbocycles. The average Bonchev–Trinajstić information content (AvgIpc) is 3.32. The maximum Gasteiger partial charge on any atom is 0.407 e. The highest BCUT2D eigenvalue weighted by Gasteiger charge is 2.53. The van der Waals surface area contributed by atoms with Gasteiger partial charge in [-0.1, -0.05) is 95.1 Å². The number of ether oxygens (including phenoxy) is 1. The number of rotatable bonds is 5. The van der Waals surface area contributed by atoms with E-state index in [1.807, 2.05) is 43.5 Å². The molecule has 3 aliphatic rings. The minimum atomic E-state index is -2.13. The molecular formula is C38H43ClFN5O3SSi. The summed E-state index contributed by atoms with van der Waals surface area (Å²) in [5, 5.41) is 13.1. The zero-order chi connectivity index (χ0) is 35.8. The fourth-order valence-corrected chi connectivity index (χ4v) is 15.0. The molecule has 0 radical (unpaired) electrons. The molecule has 1 N–H and O–H groups in total. The fraction of sp³-hybridized carbons (Fsp3) is 0.474. The predicted octanol–water partition coefficient (Wildman–Crippen LogP) is 9.41. The van der Waals surface area contributed by atoms with E-state index in [0.29, 0.717) is 62.1 Å². The van der Waals surface area contributed by atoms with Gasteiger partial charge >= 0.3 is 6.09 Å². The number of hydrogen-bond donors (Lipinski definition) is 1. The van der Waals surface area contributed by atoms with E-state index in [0.717, 1.165) is 17.2 Å². The third-order valence-electron chi connectivity index (χ3n) is 11.4. The van der Waals surface area contributed by atoms with Gasteiger partial charge in [-0.3, -0.25) is 4.90 Å². The lowest BCUT2D eigenvalue weighted by molar-refractivity contribution is 0.0707. The highest BCUT2D eigenvalue weighted by Crippen LogP contribution is 2.47. The molecule has 4 unspecified atom stereocenters. The van der Waals surface area contributed by atoms with Crippen LogP contribution in [0.4, 0.5) is 15.0 Å². The minimum Gasteiger partial charge on any atom is -0.472 e. The van der Waals surface area contributed by atoms with Gasteiger partial charge in [-0.15, -0.1) is 5.54 Å². The number of benzene rings is 2. The topological polar surface area (TPSA) is 91.7 Å². The molecule has 3 aliphatic heterocycles. The van der Waals surface area contributed by atoms with Crippen LogP contribution in [0.3, 0.4) is 0 Å². The quantitative estimate of drug-likeness (QED) is 0.0940. The number of carboxylic acid groups (broad SMARTS) is 1. The number of carbonyl (C=O) groups is 1. The Kier molecular flexibility index (Phi) is 8.97. The predicted molar refractivity (Wildman–Crippen MR) is 203 cm³/mol. The maximum absolute atomic E-state index is 17.2. The van der Waals surface area contributed by atoms with Crippen molar-refractivity contribution in [2.45, 2.75) is 107 Å². The molecule has 1 amide bonds. The van der Waals surface area contributed by atoms with Crippen LogP contribution in [0.25, 0.3) is 32.9 Å².